The number of nitrogens with two attached hydrogens (primary N) is 1. The Labute approximate surface area is 140 Å². The molecular weight excluding hydrogens is 317 g/mol. The maximum absolute atomic E-state index is 13.1. The van der Waals surface area contributed by atoms with Crippen LogP contribution in [0.5, 0.6) is 0 Å². The van der Waals surface area contributed by atoms with Crippen molar-refractivity contribution in [1.82, 2.24) is 5.32 Å². The Morgan fingerprint density at radius 3 is 2.62 bits per heavy atom. The predicted octanol–water partition coefficient (Wildman–Crippen LogP) is 3.83. The lowest BCUT2D eigenvalue weighted by molar-refractivity contribution is -0.138. The van der Waals surface area contributed by atoms with Crippen molar-refractivity contribution >= 4 is 5.91 Å². The summed E-state index contributed by atoms with van der Waals surface area (Å²) in [5, 5.41) is 2.98. The standard InChI is InChI=1S/C18H25F3N2O/c1-12(14-7-3-4-8-15(14)18(19,20)21)10-17(24)23-16-9-5-2-6-13(16)11-22/h3-4,7-8,12-13,16H,2,5-6,9-11,22H2,1H3,(H,23,24). The van der Waals surface area contributed by atoms with Crippen molar-refractivity contribution in [3.05, 3.63) is 35.4 Å². The van der Waals surface area contributed by atoms with Crippen LogP contribution in [0.15, 0.2) is 24.3 Å². The third kappa shape index (κ3) is 4.72. The Hall–Kier alpha value is -1.56. The van der Waals surface area contributed by atoms with Gasteiger partial charge < -0.3 is 11.1 Å². The van der Waals surface area contributed by atoms with Crippen LogP contribution in [-0.4, -0.2) is 18.5 Å². The highest BCUT2D eigenvalue weighted by Crippen LogP contribution is 2.36. The summed E-state index contributed by atoms with van der Waals surface area (Å²) in [6.45, 7) is 2.18. The average Bonchev–Trinajstić information content (AvgIpc) is 2.54. The summed E-state index contributed by atoms with van der Waals surface area (Å²) in [5.41, 5.74) is 5.25. The first kappa shape index (κ1) is 18.8. The first-order valence-electron chi connectivity index (χ1n) is 8.48. The van der Waals surface area contributed by atoms with Crippen LogP contribution in [0.3, 0.4) is 0 Å². The van der Waals surface area contributed by atoms with Crippen molar-refractivity contribution in [3.8, 4) is 0 Å². The van der Waals surface area contributed by atoms with Gasteiger partial charge in [-0.3, -0.25) is 4.79 Å². The second kappa shape index (κ2) is 8.01. The fourth-order valence-electron chi connectivity index (χ4n) is 3.52. The predicted molar refractivity (Wildman–Crippen MR) is 87.4 cm³/mol. The molecule has 1 aliphatic rings. The molecule has 3 N–H and O–H groups in total. The lowest BCUT2D eigenvalue weighted by Gasteiger charge is -2.31. The lowest BCUT2D eigenvalue weighted by Crippen LogP contribution is -2.45. The quantitative estimate of drug-likeness (QED) is 0.854. The molecule has 0 saturated heterocycles. The largest absolute Gasteiger partial charge is 0.416 e. The second-order valence-electron chi connectivity index (χ2n) is 6.64. The smallest absolute Gasteiger partial charge is 0.353 e. The minimum absolute atomic E-state index is 0.0425. The molecule has 6 heteroatoms. The van der Waals surface area contributed by atoms with E-state index in [1.54, 1.807) is 13.0 Å². The number of rotatable bonds is 5. The maximum Gasteiger partial charge on any atom is 0.416 e. The van der Waals surface area contributed by atoms with E-state index in [2.05, 4.69) is 5.32 Å². The molecule has 0 heterocycles. The van der Waals surface area contributed by atoms with Crippen LogP contribution in [0.2, 0.25) is 0 Å². The van der Waals surface area contributed by atoms with E-state index in [9.17, 15) is 18.0 Å². The van der Waals surface area contributed by atoms with E-state index in [-0.39, 0.29) is 29.9 Å². The highest BCUT2D eigenvalue weighted by atomic mass is 19.4. The minimum Gasteiger partial charge on any atom is -0.353 e. The molecule has 3 atom stereocenters. The molecule has 0 aliphatic heterocycles. The Morgan fingerprint density at radius 1 is 1.29 bits per heavy atom. The number of nitrogens with one attached hydrogen (secondary N) is 1. The molecule has 0 aromatic heterocycles. The van der Waals surface area contributed by atoms with E-state index in [1.165, 1.54) is 12.1 Å². The van der Waals surface area contributed by atoms with E-state index in [0.717, 1.165) is 31.7 Å². The zero-order chi connectivity index (χ0) is 17.7. The zero-order valence-electron chi connectivity index (χ0n) is 13.9. The number of halogens is 3. The van der Waals surface area contributed by atoms with Gasteiger partial charge in [-0.05, 0) is 42.9 Å². The van der Waals surface area contributed by atoms with Crippen LogP contribution >= 0.6 is 0 Å². The highest BCUT2D eigenvalue weighted by Gasteiger charge is 2.34. The van der Waals surface area contributed by atoms with Crippen LogP contribution in [0.4, 0.5) is 13.2 Å². The molecule has 0 bridgehead atoms. The van der Waals surface area contributed by atoms with Crippen molar-refractivity contribution in [3.63, 3.8) is 0 Å². The molecule has 2 rings (SSSR count). The number of hydrogen-bond donors (Lipinski definition) is 2. The van der Waals surface area contributed by atoms with Crippen LogP contribution in [0.1, 0.15) is 56.1 Å². The fraction of sp³-hybridized carbons (Fsp3) is 0.611. The molecule has 1 fully saturated rings. The molecule has 1 amide bonds. The summed E-state index contributed by atoms with van der Waals surface area (Å²) in [5.74, 6) is -0.437. The Kier molecular flexibility index (Phi) is 6.27. The third-order valence-electron chi connectivity index (χ3n) is 4.85. The van der Waals surface area contributed by atoms with Gasteiger partial charge in [0, 0.05) is 12.5 Å². The molecule has 1 saturated carbocycles. The van der Waals surface area contributed by atoms with Crippen molar-refractivity contribution in [1.29, 1.82) is 0 Å². The topological polar surface area (TPSA) is 55.1 Å². The lowest BCUT2D eigenvalue weighted by atomic mass is 9.84. The summed E-state index contributed by atoms with van der Waals surface area (Å²) in [6.07, 6.45) is -0.317. The monoisotopic (exact) mass is 342 g/mol. The first-order valence-corrected chi connectivity index (χ1v) is 8.48. The van der Waals surface area contributed by atoms with Gasteiger partial charge in [0.05, 0.1) is 5.56 Å². The van der Waals surface area contributed by atoms with E-state index in [0.29, 0.717) is 6.54 Å². The van der Waals surface area contributed by atoms with Gasteiger partial charge in [-0.15, -0.1) is 0 Å². The van der Waals surface area contributed by atoms with E-state index >= 15 is 0 Å². The zero-order valence-corrected chi connectivity index (χ0v) is 13.9. The summed E-state index contributed by atoms with van der Waals surface area (Å²) in [4.78, 5) is 12.3. The van der Waals surface area contributed by atoms with Crippen molar-refractivity contribution in [2.45, 2.75) is 57.2 Å². The molecular formula is C18H25F3N2O. The average molecular weight is 342 g/mol. The Morgan fingerprint density at radius 2 is 1.96 bits per heavy atom. The fourth-order valence-corrected chi connectivity index (χ4v) is 3.52. The van der Waals surface area contributed by atoms with Gasteiger partial charge in [-0.1, -0.05) is 38.0 Å². The Bertz CT molecular complexity index is 559. The Balaban J connectivity index is 2.02. The highest BCUT2D eigenvalue weighted by molar-refractivity contribution is 5.77. The number of carbonyl (C=O) groups excluding carboxylic acids is 1. The number of hydrogen-bond acceptors (Lipinski definition) is 2. The van der Waals surface area contributed by atoms with Crippen LogP contribution in [0, 0.1) is 5.92 Å². The van der Waals surface area contributed by atoms with E-state index < -0.39 is 17.7 Å². The number of amides is 1. The van der Waals surface area contributed by atoms with Gasteiger partial charge in [-0.25, -0.2) is 0 Å². The van der Waals surface area contributed by atoms with Gasteiger partial charge in [0.1, 0.15) is 0 Å². The van der Waals surface area contributed by atoms with Crippen molar-refractivity contribution in [2.75, 3.05) is 6.54 Å². The van der Waals surface area contributed by atoms with Gasteiger partial charge in [0.15, 0.2) is 0 Å². The molecule has 0 spiro atoms. The summed E-state index contributed by atoms with van der Waals surface area (Å²) < 4.78 is 39.3. The summed E-state index contributed by atoms with van der Waals surface area (Å²) in [6, 6.07) is 5.50. The van der Waals surface area contributed by atoms with Gasteiger partial charge in [0.2, 0.25) is 5.91 Å². The van der Waals surface area contributed by atoms with Crippen molar-refractivity contribution in [2.24, 2.45) is 11.7 Å². The number of carbonyl (C=O) groups is 1. The van der Waals surface area contributed by atoms with Crippen molar-refractivity contribution < 1.29 is 18.0 Å². The normalized spacial score (nSPS) is 22.9. The van der Waals surface area contributed by atoms with E-state index in [1.807, 2.05) is 0 Å². The SMILES string of the molecule is CC(CC(=O)NC1CCCCC1CN)c1ccccc1C(F)(F)F. The molecule has 134 valence electrons. The second-order valence-corrected chi connectivity index (χ2v) is 6.64. The number of benzene rings is 1. The third-order valence-corrected chi connectivity index (χ3v) is 4.85. The van der Waals surface area contributed by atoms with Gasteiger partial charge in [-0.2, -0.15) is 13.2 Å². The van der Waals surface area contributed by atoms with Gasteiger partial charge >= 0.3 is 6.18 Å². The molecule has 1 aliphatic carbocycles. The minimum atomic E-state index is -4.41. The maximum atomic E-state index is 13.1. The van der Waals surface area contributed by atoms with E-state index in [4.69, 9.17) is 5.73 Å². The number of alkyl halides is 3. The van der Waals surface area contributed by atoms with Crippen LogP contribution in [-0.2, 0) is 11.0 Å². The summed E-state index contributed by atoms with van der Waals surface area (Å²) >= 11 is 0. The molecule has 1 aromatic carbocycles. The van der Waals surface area contributed by atoms with Crippen LogP contribution < -0.4 is 11.1 Å². The van der Waals surface area contributed by atoms with Crippen LogP contribution in [0.25, 0.3) is 0 Å². The molecule has 3 nitrogen and oxygen atoms in total. The van der Waals surface area contributed by atoms with Gasteiger partial charge in [0.25, 0.3) is 0 Å². The molecule has 24 heavy (non-hydrogen) atoms. The summed E-state index contributed by atoms with van der Waals surface area (Å²) in [7, 11) is 0. The molecule has 0 radical (unpaired) electrons. The molecule has 3 unspecified atom stereocenters. The first-order chi connectivity index (χ1) is 11.3. The molecule has 1 aromatic rings.